The molecule has 0 saturated carbocycles. The molecule has 0 unspecified atom stereocenters. The van der Waals surface area contributed by atoms with Gasteiger partial charge in [-0.1, -0.05) is 62.4 Å². The average Bonchev–Trinajstić information content (AvgIpc) is 3.28. The Bertz CT molecular complexity index is 1490. The zero-order chi connectivity index (χ0) is 24.4. The molecule has 35 heavy (non-hydrogen) atoms. The fraction of sp³-hybridized carbons (Fsp3) is 0.172. The normalized spacial score (nSPS) is 11.2. The number of pyridine rings is 2. The maximum Gasteiger partial charge on any atom is 0.256 e. The second-order valence-electron chi connectivity index (χ2n) is 8.96. The van der Waals surface area contributed by atoms with Gasteiger partial charge in [0.2, 0.25) is 0 Å². The Hall–Kier alpha value is -4.32. The summed E-state index contributed by atoms with van der Waals surface area (Å²) in [4.78, 5) is 22.7. The Balaban J connectivity index is 1.63. The van der Waals surface area contributed by atoms with Crippen molar-refractivity contribution in [3.8, 4) is 11.3 Å². The SMILES string of the molecule is Cc1cccc(C(C)C)c1NC(=O)c1cc(-c2ccccc2)nc2c1cnn2Cc1ccncc1. The van der Waals surface area contributed by atoms with Gasteiger partial charge in [-0.3, -0.25) is 9.78 Å². The molecule has 174 valence electrons. The summed E-state index contributed by atoms with van der Waals surface area (Å²) >= 11 is 0. The Morgan fingerprint density at radius 2 is 1.77 bits per heavy atom. The van der Waals surface area contributed by atoms with Crippen LogP contribution in [0.3, 0.4) is 0 Å². The molecule has 1 N–H and O–H groups in total. The van der Waals surface area contributed by atoms with Crippen molar-refractivity contribution in [2.45, 2.75) is 33.2 Å². The Morgan fingerprint density at radius 3 is 2.51 bits per heavy atom. The molecule has 6 heteroatoms. The minimum absolute atomic E-state index is 0.172. The lowest BCUT2D eigenvalue weighted by Crippen LogP contribution is -2.16. The lowest BCUT2D eigenvalue weighted by Gasteiger charge is -2.17. The van der Waals surface area contributed by atoms with E-state index in [1.54, 1.807) is 18.6 Å². The lowest BCUT2D eigenvalue weighted by molar-refractivity contribution is 0.102. The molecule has 5 aromatic rings. The summed E-state index contributed by atoms with van der Waals surface area (Å²) in [5.74, 6) is 0.111. The van der Waals surface area contributed by atoms with Gasteiger partial charge in [0, 0.05) is 23.6 Å². The number of amides is 1. The van der Waals surface area contributed by atoms with E-state index in [1.807, 2.05) is 72.3 Å². The van der Waals surface area contributed by atoms with Gasteiger partial charge in [0.1, 0.15) is 0 Å². The van der Waals surface area contributed by atoms with Crippen molar-refractivity contribution in [3.05, 3.63) is 108 Å². The number of aryl methyl sites for hydroxylation is 1. The maximum absolute atomic E-state index is 13.7. The van der Waals surface area contributed by atoms with Gasteiger partial charge in [-0.15, -0.1) is 0 Å². The van der Waals surface area contributed by atoms with Crippen molar-refractivity contribution in [3.63, 3.8) is 0 Å². The predicted octanol–water partition coefficient (Wildman–Crippen LogP) is 6.23. The summed E-state index contributed by atoms with van der Waals surface area (Å²) in [6, 6.07) is 21.8. The van der Waals surface area contributed by atoms with Crippen molar-refractivity contribution in [2.24, 2.45) is 0 Å². The number of carbonyl (C=O) groups is 1. The zero-order valence-electron chi connectivity index (χ0n) is 20.1. The molecule has 0 bridgehead atoms. The topological polar surface area (TPSA) is 72.7 Å². The second-order valence-corrected chi connectivity index (χ2v) is 8.96. The molecular weight excluding hydrogens is 434 g/mol. The van der Waals surface area contributed by atoms with Crippen molar-refractivity contribution < 1.29 is 4.79 Å². The highest BCUT2D eigenvalue weighted by Crippen LogP contribution is 2.30. The number of hydrogen-bond donors (Lipinski definition) is 1. The molecule has 0 saturated heterocycles. The fourth-order valence-corrected chi connectivity index (χ4v) is 4.29. The first kappa shape index (κ1) is 22.5. The molecule has 2 aromatic carbocycles. The molecular formula is C29H27N5O. The fourth-order valence-electron chi connectivity index (χ4n) is 4.29. The van der Waals surface area contributed by atoms with E-state index in [4.69, 9.17) is 4.98 Å². The van der Waals surface area contributed by atoms with E-state index >= 15 is 0 Å². The summed E-state index contributed by atoms with van der Waals surface area (Å²) in [6.45, 7) is 6.82. The zero-order valence-corrected chi connectivity index (χ0v) is 20.1. The summed E-state index contributed by atoms with van der Waals surface area (Å²) in [5.41, 5.74) is 6.96. The van der Waals surface area contributed by atoms with E-state index in [0.717, 1.165) is 39.0 Å². The van der Waals surface area contributed by atoms with Crippen LogP contribution in [-0.2, 0) is 6.54 Å². The number of nitrogens with zero attached hydrogens (tertiary/aromatic N) is 4. The van der Waals surface area contributed by atoms with Crippen molar-refractivity contribution >= 4 is 22.6 Å². The van der Waals surface area contributed by atoms with Crippen LogP contribution < -0.4 is 5.32 Å². The Kier molecular flexibility index (Phi) is 6.10. The average molecular weight is 462 g/mol. The molecule has 0 aliphatic rings. The first-order valence-electron chi connectivity index (χ1n) is 11.7. The van der Waals surface area contributed by atoms with E-state index in [2.05, 4.69) is 35.3 Å². The van der Waals surface area contributed by atoms with Crippen molar-refractivity contribution in [1.82, 2.24) is 19.7 Å². The van der Waals surface area contributed by atoms with Crippen LogP contribution in [0.25, 0.3) is 22.3 Å². The highest BCUT2D eigenvalue weighted by atomic mass is 16.1. The van der Waals surface area contributed by atoms with Gasteiger partial charge < -0.3 is 5.32 Å². The molecule has 0 atom stereocenters. The first-order chi connectivity index (χ1) is 17.0. The van der Waals surface area contributed by atoms with Crippen LogP contribution in [0.15, 0.2) is 85.3 Å². The quantitative estimate of drug-likeness (QED) is 0.326. The summed E-state index contributed by atoms with van der Waals surface area (Å²) in [7, 11) is 0. The molecule has 0 aliphatic carbocycles. The monoisotopic (exact) mass is 461 g/mol. The van der Waals surface area contributed by atoms with Gasteiger partial charge in [0.25, 0.3) is 5.91 Å². The number of benzene rings is 2. The van der Waals surface area contributed by atoms with Gasteiger partial charge in [-0.25, -0.2) is 9.67 Å². The predicted molar refractivity (Wildman–Crippen MR) is 140 cm³/mol. The third kappa shape index (κ3) is 4.55. The van der Waals surface area contributed by atoms with Gasteiger partial charge >= 0.3 is 0 Å². The van der Waals surface area contributed by atoms with E-state index in [0.29, 0.717) is 17.8 Å². The molecule has 5 rings (SSSR count). The number of fused-ring (bicyclic) bond motifs is 1. The molecule has 0 radical (unpaired) electrons. The number of rotatable bonds is 6. The standard InChI is InChI=1S/C29H27N5O/c1-19(2)23-11-7-8-20(3)27(23)33-29(35)24-16-26(22-9-5-4-6-10-22)32-28-25(24)17-31-34(28)18-21-12-14-30-15-13-21/h4-17,19H,18H2,1-3H3,(H,33,35). The molecule has 0 spiro atoms. The Morgan fingerprint density at radius 1 is 1.00 bits per heavy atom. The number of para-hydroxylation sites is 1. The minimum atomic E-state index is -0.172. The van der Waals surface area contributed by atoms with Crippen LogP contribution in [0.2, 0.25) is 0 Å². The summed E-state index contributed by atoms with van der Waals surface area (Å²) < 4.78 is 1.83. The molecule has 0 aliphatic heterocycles. The lowest BCUT2D eigenvalue weighted by atomic mass is 9.97. The van der Waals surface area contributed by atoms with Crippen LogP contribution in [0.1, 0.15) is 46.8 Å². The van der Waals surface area contributed by atoms with Crippen molar-refractivity contribution in [2.75, 3.05) is 5.32 Å². The van der Waals surface area contributed by atoms with Gasteiger partial charge in [-0.05, 0) is 47.7 Å². The number of carbonyl (C=O) groups excluding carboxylic acids is 1. The summed E-state index contributed by atoms with van der Waals surface area (Å²) in [5, 5.41) is 8.51. The van der Waals surface area contributed by atoms with E-state index in [9.17, 15) is 4.79 Å². The first-order valence-corrected chi connectivity index (χ1v) is 11.7. The number of hydrogen-bond acceptors (Lipinski definition) is 4. The number of nitrogens with one attached hydrogen (secondary N) is 1. The van der Waals surface area contributed by atoms with Gasteiger partial charge in [-0.2, -0.15) is 5.10 Å². The van der Waals surface area contributed by atoms with E-state index in [1.165, 1.54) is 0 Å². The third-order valence-electron chi connectivity index (χ3n) is 6.17. The Labute approximate surface area is 204 Å². The number of anilines is 1. The molecule has 6 nitrogen and oxygen atoms in total. The maximum atomic E-state index is 13.7. The summed E-state index contributed by atoms with van der Waals surface area (Å²) in [6.07, 6.45) is 5.25. The molecule has 1 amide bonds. The van der Waals surface area contributed by atoms with Gasteiger partial charge in [0.05, 0.1) is 29.4 Å². The van der Waals surface area contributed by atoms with Crippen LogP contribution >= 0.6 is 0 Å². The largest absolute Gasteiger partial charge is 0.321 e. The smallest absolute Gasteiger partial charge is 0.256 e. The van der Waals surface area contributed by atoms with Gasteiger partial charge in [0.15, 0.2) is 5.65 Å². The highest BCUT2D eigenvalue weighted by Gasteiger charge is 2.20. The number of aromatic nitrogens is 4. The van der Waals surface area contributed by atoms with Crippen LogP contribution in [0.4, 0.5) is 5.69 Å². The molecule has 3 aromatic heterocycles. The van der Waals surface area contributed by atoms with Crippen LogP contribution in [-0.4, -0.2) is 25.7 Å². The molecule has 3 heterocycles. The third-order valence-corrected chi connectivity index (χ3v) is 6.17. The van der Waals surface area contributed by atoms with Crippen LogP contribution in [0, 0.1) is 6.92 Å². The van der Waals surface area contributed by atoms with Crippen molar-refractivity contribution in [1.29, 1.82) is 0 Å². The van der Waals surface area contributed by atoms with E-state index < -0.39 is 0 Å². The highest BCUT2D eigenvalue weighted by molar-refractivity contribution is 6.13. The molecule has 0 fully saturated rings. The van der Waals surface area contributed by atoms with E-state index in [-0.39, 0.29) is 11.8 Å². The second kappa shape index (κ2) is 9.50. The minimum Gasteiger partial charge on any atom is -0.321 e. The van der Waals surface area contributed by atoms with Crippen LogP contribution in [0.5, 0.6) is 0 Å².